The average molecular weight is 691 g/mol. The molecule has 41 heavy (non-hydrogen) atoms. The van der Waals surface area contributed by atoms with Crippen molar-refractivity contribution in [3.05, 3.63) is 48.2 Å². The Hall–Kier alpha value is -2.46. The molecule has 5 rings (SSSR count). The SMILES string of the molecule is COc1cc(S(C)(=O)=O)ccc1NCC#Cc1cc2c(N[C@]3(I)CC[C@](C)(N(C)C)CC3)cccc2n1CC1CO1. The monoisotopic (exact) mass is 690 g/mol. The summed E-state index contributed by atoms with van der Waals surface area (Å²) in [5, 5.41) is 8.34. The molecule has 1 aliphatic carbocycles. The maximum atomic E-state index is 11.9. The summed E-state index contributed by atoms with van der Waals surface area (Å²) in [7, 11) is 2.58. The Balaban J connectivity index is 1.37. The summed E-state index contributed by atoms with van der Waals surface area (Å²) in [5.41, 5.74) is 4.16. The second kappa shape index (κ2) is 11.7. The number of fused-ring (bicyclic) bond motifs is 1. The molecule has 0 bridgehead atoms. The van der Waals surface area contributed by atoms with E-state index in [2.05, 4.69) is 99.8 Å². The van der Waals surface area contributed by atoms with Crippen molar-refractivity contribution in [2.45, 2.75) is 59.2 Å². The molecule has 1 aromatic heterocycles. The molecular weight excluding hydrogens is 651 g/mol. The van der Waals surface area contributed by atoms with Crippen molar-refractivity contribution < 1.29 is 17.9 Å². The smallest absolute Gasteiger partial charge is 0.175 e. The Bertz CT molecular complexity index is 1590. The third-order valence-corrected chi connectivity index (χ3v) is 10.9. The van der Waals surface area contributed by atoms with E-state index in [1.165, 1.54) is 24.8 Å². The Kier molecular flexibility index (Phi) is 8.54. The van der Waals surface area contributed by atoms with Crippen LogP contribution in [0.1, 0.15) is 38.3 Å². The molecule has 2 aromatic carbocycles. The number of methoxy groups -OCH3 is 1. The van der Waals surface area contributed by atoms with Gasteiger partial charge in [-0.3, -0.25) is 0 Å². The number of sulfone groups is 1. The van der Waals surface area contributed by atoms with Gasteiger partial charge >= 0.3 is 0 Å². The van der Waals surface area contributed by atoms with E-state index in [4.69, 9.17) is 9.47 Å². The van der Waals surface area contributed by atoms with Gasteiger partial charge in [-0.2, -0.15) is 0 Å². The van der Waals surface area contributed by atoms with Gasteiger partial charge in [0.25, 0.3) is 0 Å². The zero-order valence-corrected chi connectivity index (χ0v) is 27.4. The number of benzene rings is 2. The van der Waals surface area contributed by atoms with Crippen molar-refractivity contribution in [3.8, 4) is 17.6 Å². The van der Waals surface area contributed by atoms with Gasteiger partial charge in [0.05, 0.1) is 58.2 Å². The molecule has 2 fully saturated rings. The molecule has 2 aliphatic rings. The minimum atomic E-state index is -3.32. The zero-order valence-electron chi connectivity index (χ0n) is 24.4. The van der Waals surface area contributed by atoms with Gasteiger partial charge in [0.2, 0.25) is 0 Å². The first kappa shape index (κ1) is 30.0. The third kappa shape index (κ3) is 6.79. The van der Waals surface area contributed by atoms with Crippen molar-refractivity contribution in [1.29, 1.82) is 0 Å². The molecule has 0 amide bonds. The van der Waals surface area contributed by atoms with Crippen molar-refractivity contribution in [2.75, 3.05) is 51.2 Å². The fourth-order valence-electron chi connectivity index (χ4n) is 5.39. The molecule has 2 heterocycles. The van der Waals surface area contributed by atoms with Gasteiger partial charge < -0.3 is 29.6 Å². The van der Waals surface area contributed by atoms with E-state index in [1.54, 1.807) is 12.1 Å². The Morgan fingerprint density at radius 1 is 1.15 bits per heavy atom. The first-order valence-electron chi connectivity index (χ1n) is 13.9. The van der Waals surface area contributed by atoms with E-state index in [0.29, 0.717) is 18.0 Å². The number of nitrogens with zero attached hydrogens (tertiary/aromatic N) is 2. The molecule has 1 saturated heterocycles. The fourth-order valence-corrected chi connectivity index (χ4v) is 6.86. The average Bonchev–Trinajstić information content (AvgIpc) is 3.68. The Labute approximate surface area is 257 Å². The first-order chi connectivity index (χ1) is 19.4. The topological polar surface area (TPSA) is 88.1 Å². The first-order valence-corrected chi connectivity index (χ1v) is 16.9. The predicted molar refractivity (Wildman–Crippen MR) is 174 cm³/mol. The van der Waals surface area contributed by atoms with Crippen LogP contribution in [0.4, 0.5) is 11.4 Å². The molecule has 10 heteroatoms. The van der Waals surface area contributed by atoms with Crippen LogP contribution < -0.4 is 15.4 Å². The van der Waals surface area contributed by atoms with Crippen LogP contribution in [-0.4, -0.2) is 73.7 Å². The third-order valence-electron chi connectivity index (χ3n) is 8.48. The zero-order chi connectivity index (χ0) is 29.4. The minimum Gasteiger partial charge on any atom is -0.495 e. The van der Waals surface area contributed by atoms with Gasteiger partial charge in [-0.05, 0) is 83.0 Å². The standard InChI is InChI=1S/C31H39IN4O4S/c1-30(35(2)3)13-15-31(32,16-14-30)34-26-9-6-10-28-25(26)18-22(36(28)20-23-21-40-23)8-7-17-33-27-12-11-24(41(5,37)38)19-29(27)39-4/h6,9-12,18-19,23,33-34H,13-17,20-21H2,1-5H3/t23?,30-,31+. The lowest BCUT2D eigenvalue weighted by Crippen LogP contribution is -2.49. The van der Waals surface area contributed by atoms with E-state index >= 15 is 0 Å². The van der Waals surface area contributed by atoms with Crippen LogP contribution in [0.2, 0.25) is 0 Å². The van der Waals surface area contributed by atoms with Gasteiger partial charge in [0.15, 0.2) is 9.84 Å². The molecule has 3 aromatic rings. The van der Waals surface area contributed by atoms with Crippen LogP contribution in [0.5, 0.6) is 5.75 Å². The maximum Gasteiger partial charge on any atom is 0.175 e. The Morgan fingerprint density at radius 3 is 2.51 bits per heavy atom. The fraction of sp³-hybridized carbons (Fsp3) is 0.484. The van der Waals surface area contributed by atoms with E-state index < -0.39 is 9.84 Å². The molecule has 1 aliphatic heterocycles. The molecule has 8 nitrogen and oxygen atoms in total. The molecule has 1 saturated carbocycles. The highest BCUT2D eigenvalue weighted by atomic mass is 127. The summed E-state index contributed by atoms with van der Waals surface area (Å²) >= 11 is 2.62. The van der Waals surface area contributed by atoms with Gasteiger partial charge in [-0.25, -0.2) is 8.42 Å². The number of hydrogen-bond acceptors (Lipinski definition) is 7. The number of nitrogens with one attached hydrogen (secondary N) is 2. The van der Waals surface area contributed by atoms with Crippen LogP contribution in [0, 0.1) is 11.8 Å². The number of epoxide rings is 1. The number of halogens is 1. The highest BCUT2D eigenvalue weighted by Crippen LogP contribution is 2.44. The lowest BCUT2D eigenvalue weighted by molar-refractivity contribution is 0.113. The van der Waals surface area contributed by atoms with E-state index in [-0.39, 0.29) is 20.1 Å². The molecular formula is C31H39IN4O4S. The van der Waals surface area contributed by atoms with Crippen LogP contribution in [0.15, 0.2) is 47.4 Å². The van der Waals surface area contributed by atoms with Crippen LogP contribution >= 0.6 is 22.6 Å². The molecule has 0 spiro atoms. The molecule has 2 N–H and O–H groups in total. The summed E-state index contributed by atoms with van der Waals surface area (Å²) in [5.74, 6) is 7.08. The van der Waals surface area contributed by atoms with Crippen molar-refractivity contribution in [3.63, 3.8) is 0 Å². The van der Waals surface area contributed by atoms with Crippen molar-refractivity contribution in [2.24, 2.45) is 0 Å². The van der Waals surface area contributed by atoms with E-state index in [1.807, 2.05) is 0 Å². The summed E-state index contributed by atoms with van der Waals surface area (Å²) in [4.78, 5) is 2.58. The number of aromatic nitrogens is 1. The minimum absolute atomic E-state index is 0.00470. The quantitative estimate of drug-likeness (QED) is 0.103. The number of alkyl halides is 1. The lowest BCUT2D eigenvalue weighted by atomic mass is 9.80. The van der Waals surface area contributed by atoms with Crippen molar-refractivity contribution in [1.82, 2.24) is 9.47 Å². The highest BCUT2D eigenvalue weighted by Gasteiger charge is 2.40. The van der Waals surface area contributed by atoms with Crippen LogP contribution in [0.3, 0.4) is 0 Å². The predicted octanol–water partition coefficient (Wildman–Crippen LogP) is 5.35. The van der Waals surface area contributed by atoms with E-state index in [9.17, 15) is 8.42 Å². The van der Waals surface area contributed by atoms with E-state index in [0.717, 1.165) is 55.7 Å². The largest absolute Gasteiger partial charge is 0.495 e. The molecule has 220 valence electrons. The van der Waals surface area contributed by atoms with Gasteiger partial charge in [0, 0.05) is 28.9 Å². The lowest BCUT2D eigenvalue weighted by Gasteiger charge is -2.46. The number of hydrogen-bond donors (Lipinski definition) is 2. The van der Waals surface area contributed by atoms with Crippen LogP contribution in [0.25, 0.3) is 10.9 Å². The van der Waals surface area contributed by atoms with Crippen molar-refractivity contribution >= 4 is 54.7 Å². The van der Waals surface area contributed by atoms with Gasteiger partial charge in [0.1, 0.15) is 5.75 Å². The number of rotatable bonds is 9. The van der Waals surface area contributed by atoms with Gasteiger partial charge in [-0.1, -0.05) is 34.6 Å². The molecule has 1 atom stereocenters. The molecule has 0 radical (unpaired) electrons. The second-order valence-electron chi connectivity index (χ2n) is 11.6. The summed E-state index contributed by atoms with van der Waals surface area (Å²) in [6.45, 7) is 4.28. The highest BCUT2D eigenvalue weighted by molar-refractivity contribution is 14.1. The molecule has 1 unspecified atom stereocenters. The van der Waals surface area contributed by atoms with Crippen LogP contribution in [-0.2, 0) is 21.1 Å². The maximum absolute atomic E-state index is 11.9. The Morgan fingerprint density at radius 2 is 1.88 bits per heavy atom. The van der Waals surface area contributed by atoms with Gasteiger partial charge in [-0.15, -0.1) is 0 Å². The normalized spacial score (nSPS) is 24.1. The summed E-state index contributed by atoms with van der Waals surface area (Å²) in [6, 6.07) is 13.4. The summed E-state index contributed by atoms with van der Waals surface area (Å²) < 4.78 is 37.1. The number of anilines is 2. The second-order valence-corrected chi connectivity index (χ2v) is 15.7. The number of ether oxygens (including phenoxy) is 2. The summed E-state index contributed by atoms with van der Waals surface area (Å²) in [6.07, 6.45) is 5.90.